The lowest BCUT2D eigenvalue weighted by Crippen LogP contribution is -2.16. The number of anilines is 18. The Balaban J connectivity index is 0.000000122. The highest BCUT2D eigenvalue weighted by Crippen LogP contribution is 2.56. The van der Waals surface area contributed by atoms with Crippen LogP contribution in [0.15, 0.2) is 473 Å². The first kappa shape index (κ1) is 90.4. The second kappa shape index (κ2) is 37.8. The summed E-state index contributed by atoms with van der Waals surface area (Å²) in [6.45, 7) is 26.9. The number of hydrogen-bond donors (Lipinski definition) is 0. The minimum atomic E-state index is 0.0645. The standard InChI is InChI=1S/C48H44N2.C46H40N2.C42H32N2/c1-47(2,3)35-22-26-39(27-23-35)49(37-16-9-7-10-17-37)43-32-44(42-31-21-34-15-13-14-33-20-30-41(43)46(42)45(33)34)50(38-18-11-8-12-19-38)40-28-24-36(25-29-40)48(4,5)6;1-31(2)33-18-24-39(25-19-33)47(37-14-7-5-8-15-37)43-30-44(42-29-23-36-13-11-12-35-22-28-41(43)46(42)45(35)36)48(38-16-9-6-10-17-38)40-26-20-34(21-27-40)32(3)4;1-29-16-22-35(23-17-29)43(33-12-5-3-6-13-33)39-28-40(44(34-14-7-4-8-15-34)36-24-18-30(2)19-25-36)38-27-21-32-11-9-10-31-20-26-37(39)42(38)41(31)32/h7-32H,1-6H3;5-32H,1-4H3;3-28H,1-2H3. The van der Waals surface area contributed by atoms with Gasteiger partial charge in [-0.1, -0.05) is 390 Å². The third kappa shape index (κ3) is 17.2. The third-order valence-electron chi connectivity index (χ3n) is 28.5. The van der Waals surface area contributed by atoms with E-state index < -0.39 is 0 Å². The largest absolute Gasteiger partial charge is 0.310 e. The Morgan fingerprint density at radius 3 is 0.507 bits per heavy atom. The number of nitrogens with zero attached hydrogens (tertiary/aromatic N) is 6. The molecule has 0 bridgehead atoms. The average Bonchev–Trinajstić information content (AvgIpc) is 0.722. The molecule has 0 saturated carbocycles. The fourth-order valence-electron chi connectivity index (χ4n) is 21.1. The van der Waals surface area contributed by atoms with Crippen molar-refractivity contribution >= 4 is 199 Å². The van der Waals surface area contributed by atoms with Gasteiger partial charge in [-0.25, -0.2) is 0 Å². The zero-order valence-electron chi connectivity index (χ0n) is 82.9. The second-order valence-corrected chi connectivity index (χ2v) is 40.6. The van der Waals surface area contributed by atoms with E-state index in [2.05, 4.69) is 586 Å². The molecule has 0 aliphatic heterocycles. The monoisotopic (exact) mass is 1830 g/mol. The molecule has 142 heavy (non-hydrogen) atoms. The molecule has 0 aliphatic carbocycles. The van der Waals surface area contributed by atoms with E-state index in [1.807, 2.05) is 0 Å². The third-order valence-corrected chi connectivity index (χ3v) is 28.5. The molecule has 6 nitrogen and oxygen atoms in total. The van der Waals surface area contributed by atoms with Gasteiger partial charge in [-0.2, -0.15) is 0 Å². The predicted molar refractivity (Wildman–Crippen MR) is 614 cm³/mol. The summed E-state index contributed by atoms with van der Waals surface area (Å²) in [6.07, 6.45) is 0. The van der Waals surface area contributed by atoms with Crippen LogP contribution < -0.4 is 29.4 Å². The van der Waals surface area contributed by atoms with Crippen molar-refractivity contribution in [2.45, 2.75) is 106 Å². The van der Waals surface area contributed by atoms with Crippen molar-refractivity contribution < 1.29 is 0 Å². The van der Waals surface area contributed by atoms with Crippen LogP contribution in [0, 0.1) is 13.8 Å². The fourth-order valence-corrected chi connectivity index (χ4v) is 21.1. The Morgan fingerprint density at radius 1 is 0.162 bits per heavy atom. The van der Waals surface area contributed by atoms with Crippen molar-refractivity contribution in [3.8, 4) is 0 Å². The highest BCUT2D eigenvalue weighted by Gasteiger charge is 2.31. The van der Waals surface area contributed by atoms with Crippen LogP contribution in [0.4, 0.5) is 102 Å². The van der Waals surface area contributed by atoms with Gasteiger partial charge in [-0.3, -0.25) is 0 Å². The normalized spacial score (nSPS) is 11.8. The van der Waals surface area contributed by atoms with Crippen LogP contribution in [0.2, 0.25) is 0 Å². The lowest BCUT2D eigenvalue weighted by atomic mass is 9.87. The molecule has 0 N–H and O–H groups in total. The summed E-state index contributed by atoms with van der Waals surface area (Å²) in [7, 11) is 0. The van der Waals surface area contributed by atoms with Gasteiger partial charge in [0.05, 0.1) is 34.1 Å². The molecular weight excluding hydrogens is 1720 g/mol. The van der Waals surface area contributed by atoms with Crippen molar-refractivity contribution in [1.29, 1.82) is 0 Å². The number of para-hydroxylation sites is 6. The Bertz CT molecular complexity index is 8080. The molecule has 0 amide bonds. The molecule has 0 heterocycles. The van der Waals surface area contributed by atoms with Gasteiger partial charge in [0.1, 0.15) is 0 Å². The van der Waals surface area contributed by atoms with Crippen molar-refractivity contribution in [2.75, 3.05) is 29.4 Å². The SMILES string of the molecule is CC(C)(C)c1ccc(N(c2ccccc2)c2cc(N(c3ccccc3)c3ccc(C(C)(C)C)cc3)c3ccc4cccc5ccc2c3c54)cc1.CC(C)c1ccc(N(c2ccccc2)c2cc(N(c3ccccc3)c3ccc(C(C)C)cc3)c3ccc4cccc5ccc2c3c54)cc1.Cc1ccc(N(c2ccccc2)c2cc(N(c3ccccc3)c3ccc(C)cc3)c3ccc4cccc5ccc2c3c54)cc1. The maximum absolute atomic E-state index is 2.44. The molecule has 24 aromatic carbocycles. The van der Waals surface area contributed by atoms with E-state index in [4.69, 9.17) is 0 Å². The summed E-state index contributed by atoms with van der Waals surface area (Å²) < 4.78 is 0. The number of aryl methyl sites for hydroxylation is 2. The molecule has 0 fully saturated rings. The molecule has 0 aliphatic rings. The van der Waals surface area contributed by atoms with Crippen LogP contribution in [0.25, 0.3) is 97.0 Å². The van der Waals surface area contributed by atoms with Crippen LogP contribution in [0.1, 0.15) is 114 Å². The minimum absolute atomic E-state index is 0.0645. The van der Waals surface area contributed by atoms with Crippen LogP contribution >= 0.6 is 0 Å². The maximum atomic E-state index is 2.44. The summed E-state index contributed by atoms with van der Waals surface area (Å²) in [6, 6.07) is 174. The van der Waals surface area contributed by atoms with Gasteiger partial charge >= 0.3 is 0 Å². The molecule has 0 saturated heterocycles. The van der Waals surface area contributed by atoms with E-state index in [0.29, 0.717) is 11.8 Å². The van der Waals surface area contributed by atoms with Crippen LogP contribution in [0.3, 0.4) is 0 Å². The lowest BCUT2D eigenvalue weighted by molar-refractivity contribution is 0.590. The molecular formula is C136H116N6. The van der Waals surface area contributed by atoms with Crippen molar-refractivity contribution in [2.24, 2.45) is 0 Å². The van der Waals surface area contributed by atoms with Crippen molar-refractivity contribution in [3.63, 3.8) is 0 Å². The highest BCUT2D eigenvalue weighted by atomic mass is 15.2. The van der Waals surface area contributed by atoms with Crippen LogP contribution in [-0.4, -0.2) is 0 Å². The zero-order valence-corrected chi connectivity index (χ0v) is 82.9. The first-order valence-corrected chi connectivity index (χ1v) is 50.0. The lowest BCUT2D eigenvalue weighted by Gasteiger charge is -2.33. The molecule has 6 heteroatoms. The topological polar surface area (TPSA) is 19.4 Å². The van der Waals surface area contributed by atoms with Gasteiger partial charge in [0, 0.05) is 117 Å². The van der Waals surface area contributed by atoms with Gasteiger partial charge in [0.2, 0.25) is 0 Å². The predicted octanol–water partition coefficient (Wildman–Crippen LogP) is 40.0. The van der Waals surface area contributed by atoms with Crippen LogP contribution in [-0.2, 0) is 10.8 Å². The summed E-state index contributed by atoms with van der Waals surface area (Å²) in [4.78, 5) is 14.6. The van der Waals surface area contributed by atoms with E-state index in [1.54, 1.807) is 0 Å². The first-order valence-electron chi connectivity index (χ1n) is 50.0. The van der Waals surface area contributed by atoms with Gasteiger partial charge < -0.3 is 29.4 Å². The van der Waals surface area contributed by atoms with Crippen LogP contribution in [0.5, 0.6) is 0 Å². The van der Waals surface area contributed by atoms with E-state index in [1.165, 1.54) is 130 Å². The Kier molecular flexibility index (Phi) is 24.1. The summed E-state index contributed by atoms with van der Waals surface area (Å²) >= 11 is 0. The summed E-state index contributed by atoms with van der Waals surface area (Å²) in [5.41, 5.74) is 28.4. The summed E-state index contributed by atoms with van der Waals surface area (Å²) in [5.74, 6) is 0.929. The molecule has 0 aromatic heterocycles. The van der Waals surface area contributed by atoms with Gasteiger partial charge in [-0.15, -0.1) is 0 Å². The van der Waals surface area contributed by atoms with E-state index in [0.717, 1.165) is 102 Å². The Hall–Kier alpha value is -16.8. The summed E-state index contributed by atoms with van der Waals surface area (Å²) in [5, 5.41) is 22.7. The highest BCUT2D eigenvalue weighted by molar-refractivity contribution is 6.32. The molecule has 24 rings (SSSR count). The maximum Gasteiger partial charge on any atom is 0.0561 e. The Morgan fingerprint density at radius 2 is 0.331 bits per heavy atom. The molecule has 24 aromatic rings. The fraction of sp³-hybridized carbons (Fsp3) is 0.118. The molecule has 0 spiro atoms. The van der Waals surface area contributed by atoms with Gasteiger partial charge in [0.25, 0.3) is 0 Å². The van der Waals surface area contributed by atoms with Crippen molar-refractivity contribution in [1.82, 2.24) is 0 Å². The number of benzene rings is 24. The minimum Gasteiger partial charge on any atom is -0.310 e. The molecule has 0 radical (unpaired) electrons. The molecule has 0 atom stereocenters. The van der Waals surface area contributed by atoms with E-state index in [9.17, 15) is 0 Å². The molecule has 690 valence electrons. The zero-order chi connectivity index (χ0) is 97.0. The van der Waals surface area contributed by atoms with E-state index >= 15 is 0 Å². The second-order valence-electron chi connectivity index (χ2n) is 40.6. The smallest absolute Gasteiger partial charge is 0.0561 e. The van der Waals surface area contributed by atoms with Gasteiger partial charge in [-0.05, 0) is 271 Å². The first-order chi connectivity index (χ1) is 69.2. The molecule has 0 unspecified atom stereocenters. The van der Waals surface area contributed by atoms with E-state index in [-0.39, 0.29) is 10.8 Å². The quantitative estimate of drug-likeness (QED) is 0.0704. The Labute approximate surface area is 835 Å². The number of hydrogen-bond acceptors (Lipinski definition) is 6. The number of rotatable bonds is 20. The average molecular weight is 1830 g/mol. The van der Waals surface area contributed by atoms with Gasteiger partial charge in [0.15, 0.2) is 0 Å². The van der Waals surface area contributed by atoms with Crippen molar-refractivity contribution in [3.05, 3.63) is 507 Å².